The second-order valence-corrected chi connectivity index (χ2v) is 4.74. The number of rotatable bonds is 4. The largest absolute Gasteiger partial charge is 0.495 e. The fourth-order valence-corrected chi connectivity index (χ4v) is 2.32. The van der Waals surface area contributed by atoms with E-state index in [1.807, 2.05) is 48.5 Å². The summed E-state index contributed by atoms with van der Waals surface area (Å²) in [5.41, 5.74) is 2.46. The van der Waals surface area contributed by atoms with Gasteiger partial charge in [0.05, 0.1) is 12.8 Å². The predicted molar refractivity (Wildman–Crippen MR) is 84.9 cm³/mol. The zero-order chi connectivity index (χ0) is 14.7. The molecule has 0 saturated carbocycles. The van der Waals surface area contributed by atoms with Crippen LogP contribution in [0, 0.1) is 0 Å². The van der Waals surface area contributed by atoms with Gasteiger partial charge in [-0.25, -0.2) is 0 Å². The molecule has 21 heavy (non-hydrogen) atoms. The minimum absolute atomic E-state index is 0.0479. The molecule has 0 unspecified atom stereocenters. The summed E-state index contributed by atoms with van der Waals surface area (Å²) in [6.07, 6.45) is 1.76. The molecule has 2 aromatic carbocycles. The zero-order valence-electron chi connectivity index (χ0n) is 11.7. The molecule has 2 N–H and O–H groups in total. The molecule has 4 nitrogen and oxygen atoms in total. The Bertz CT molecular complexity index is 824. The fourth-order valence-electron chi connectivity index (χ4n) is 2.32. The summed E-state index contributed by atoms with van der Waals surface area (Å²) < 4.78 is 5.29. The Hall–Kier alpha value is -2.75. The molecule has 1 aromatic heterocycles. The molecule has 4 heteroatoms. The van der Waals surface area contributed by atoms with E-state index in [9.17, 15) is 4.79 Å². The number of aromatic amines is 1. The summed E-state index contributed by atoms with van der Waals surface area (Å²) in [6, 6.07) is 15.2. The number of para-hydroxylation sites is 3. The molecule has 0 fully saturated rings. The van der Waals surface area contributed by atoms with Crippen LogP contribution in [0.2, 0.25) is 0 Å². The van der Waals surface area contributed by atoms with Gasteiger partial charge < -0.3 is 15.0 Å². The number of anilines is 1. The first-order valence-corrected chi connectivity index (χ1v) is 6.76. The number of H-pyrrole nitrogens is 1. The van der Waals surface area contributed by atoms with Gasteiger partial charge in [-0.1, -0.05) is 24.3 Å². The third-order valence-corrected chi connectivity index (χ3v) is 3.44. The summed E-state index contributed by atoms with van der Waals surface area (Å²) in [6.45, 7) is 0.445. The number of hydrogen-bond acceptors (Lipinski definition) is 3. The number of methoxy groups -OCH3 is 1. The van der Waals surface area contributed by atoms with Crippen molar-refractivity contribution < 1.29 is 4.74 Å². The molecule has 0 atom stereocenters. The fraction of sp³-hybridized carbons (Fsp3) is 0.118. The van der Waals surface area contributed by atoms with Gasteiger partial charge in [0, 0.05) is 29.2 Å². The summed E-state index contributed by atoms with van der Waals surface area (Å²) in [4.78, 5) is 15.6. The van der Waals surface area contributed by atoms with Gasteiger partial charge in [0.2, 0.25) is 0 Å². The molecule has 0 bridgehead atoms. The summed E-state index contributed by atoms with van der Waals surface area (Å²) in [5.74, 6) is 0.759. The standard InChI is InChI=1S/C17H16N2O2/c1-21-16-9-5-4-8-15(16)19-11-12-10-18-14-7-3-2-6-13(14)17(12)20/h2-10,19H,11H2,1H3,(H,18,20). The van der Waals surface area contributed by atoms with Gasteiger partial charge >= 0.3 is 0 Å². The molecule has 1 heterocycles. The van der Waals surface area contributed by atoms with Crippen molar-refractivity contribution in [3.05, 3.63) is 70.5 Å². The quantitative estimate of drug-likeness (QED) is 0.772. The maximum absolute atomic E-state index is 12.4. The Balaban J connectivity index is 1.89. The van der Waals surface area contributed by atoms with Crippen molar-refractivity contribution in [2.45, 2.75) is 6.54 Å². The number of benzene rings is 2. The van der Waals surface area contributed by atoms with E-state index in [2.05, 4.69) is 10.3 Å². The first-order chi connectivity index (χ1) is 10.3. The third-order valence-electron chi connectivity index (χ3n) is 3.44. The van der Waals surface area contributed by atoms with Crippen molar-refractivity contribution in [1.82, 2.24) is 4.98 Å². The summed E-state index contributed by atoms with van der Waals surface area (Å²) in [5, 5.41) is 3.95. The van der Waals surface area contributed by atoms with Crippen molar-refractivity contribution in [3.8, 4) is 5.75 Å². The van der Waals surface area contributed by atoms with Gasteiger partial charge in [-0.3, -0.25) is 4.79 Å². The van der Waals surface area contributed by atoms with Gasteiger partial charge in [0.15, 0.2) is 5.43 Å². The van der Waals surface area contributed by atoms with Crippen LogP contribution in [0.5, 0.6) is 5.75 Å². The smallest absolute Gasteiger partial charge is 0.194 e. The van der Waals surface area contributed by atoms with Crippen LogP contribution in [-0.2, 0) is 6.54 Å². The molecule has 0 aliphatic heterocycles. The highest BCUT2D eigenvalue weighted by molar-refractivity contribution is 5.78. The Morgan fingerprint density at radius 2 is 1.86 bits per heavy atom. The average molecular weight is 280 g/mol. The van der Waals surface area contributed by atoms with Gasteiger partial charge in [-0.05, 0) is 24.3 Å². The lowest BCUT2D eigenvalue weighted by Gasteiger charge is -2.10. The Kier molecular flexibility index (Phi) is 3.60. The second kappa shape index (κ2) is 5.71. The first kappa shape index (κ1) is 13.2. The number of fused-ring (bicyclic) bond motifs is 1. The normalized spacial score (nSPS) is 10.5. The average Bonchev–Trinajstić information content (AvgIpc) is 2.55. The molecule has 3 aromatic rings. The Morgan fingerprint density at radius 1 is 1.10 bits per heavy atom. The van der Waals surface area contributed by atoms with E-state index in [1.54, 1.807) is 13.3 Å². The van der Waals surface area contributed by atoms with E-state index in [0.717, 1.165) is 17.0 Å². The van der Waals surface area contributed by atoms with Crippen LogP contribution in [0.1, 0.15) is 5.56 Å². The number of aromatic nitrogens is 1. The molecule has 0 aliphatic rings. The lowest BCUT2D eigenvalue weighted by atomic mass is 10.1. The van der Waals surface area contributed by atoms with Crippen LogP contribution in [0.15, 0.2) is 59.5 Å². The van der Waals surface area contributed by atoms with E-state index in [0.29, 0.717) is 17.5 Å². The number of pyridine rings is 1. The maximum Gasteiger partial charge on any atom is 0.194 e. The molecule has 3 rings (SSSR count). The monoisotopic (exact) mass is 280 g/mol. The van der Waals surface area contributed by atoms with E-state index in [4.69, 9.17) is 4.74 Å². The van der Waals surface area contributed by atoms with Crippen LogP contribution in [0.4, 0.5) is 5.69 Å². The number of nitrogens with one attached hydrogen (secondary N) is 2. The van der Waals surface area contributed by atoms with E-state index >= 15 is 0 Å². The van der Waals surface area contributed by atoms with Crippen molar-refractivity contribution in [3.63, 3.8) is 0 Å². The van der Waals surface area contributed by atoms with Crippen LogP contribution >= 0.6 is 0 Å². The molecular formula is C17H16N2O2. The molecule has 0 radical (unpaired) electrons. The van der Waals surface area contributed by atoms with Crippen molar-refractivity contribution in [1.29, 1.82) is 0 Å². The predicted octanol–water partition coefficient (Wildman–Crippen LogP) is 3.15. The molecule has 106 valence electrons. The van der Waals surface area contributed by atoms with E-state index in [1.165, 1.54) is 0 Å². The topological polar surface area (TPSA) is 54.1 Å². The van der Waals surface area contributed by atoms with Crippen LogP contribution in [0.3, 0.4) is 0 Å². The molecule has 0 saturated heterocycles. The molecule has 0 spiro atoms. The minimum atomic E-state index is 0.0479. The first-order valence-electron chi connectivity index (χ1n) is 6.76. The number of hydrogen-bond donors (Lipinski definition) is 2. The lowest BCUT2D eigenvalue weighted by molar-refractivity contribution is 0.416. The highest BCUT2D eigenvalue weighted by Crippen LogP contribution is 2.23. The molecular weight excluding hydrogens is 264 g/mol. The van der Waals surface area contributed by atoms with E-state index in [-0.39, 0.29) is 5.43 Å². The Labute approximate surface area is 122 Å². The van der Waals surface area contributed by atoms with Gasteiger partial charge in [-0.15, -0.1) is 0 Å². The van der Waals surface area contributed by atoms with Crippen molar-refractivity contribution >= 4 is 16.6 Å². The van der Waals surface area contributed by atoms with E-state index < -0.39 is 0 Å². The highest BCUT2D eigenvalue weighted by Gasteiger charge is 2.06. The summed E-state index contributed by atoms with van der Waals surface area (Å²) in [7, 11) is 1.63. The van der Waals surface area contributed by atoms with Gasteiger partial charge in [-0.2, -0.15) is 0 Å². The van der Waals surface area contributed by atoms with Crippen LogP contribution < -0.4 is 15.5 Å². The third kappa shape index (κ3) is 2.60. The number of ether oxygens (including phenoxy) is 1. The highest BCUT2D eigenvalue weighted by atomic mass is 16.5. The lowest BCUT2D eigenvalue weighted by Crippen LogP contribution is -2.14. The van der Waals surface area contributed by atoms with Crippen molar-refractivity contribution in [2.75, 3.05) is 12.4 Å². The zero-order valence-corrected chi connectivity index (χ0v) is 11.7. The molecule has 0 aliphatic carbocycles. The molecule has 0 amide bonds. The SMILES string of the molecule is COc1ccccc1NCc1c[nH]c2ccccc2c1=O. The second-order valence-electron chi connectivity index (χ2n) is 4.74. The van der Waals surface area contributed by atoms with Crippen LogP contribution in [0.25, 0.3) is 10.9 Å². The van der Waals surface area contributed by atoms with Gasteiger partial charge in [0.1, 0.15) is 5.75 Å². The van der Waals surface area contributed by atoms with Gasteiger partial charge in [0.25, 0.3) is 0 Å². The maximum atomic E-state index is 12.4. The Morgan fingerprint density at radius 3 is 2.71 bits per heavy atom. The minimum Gasteiger partial charge on any atom is -0.495 e. The summed E-state index contributed by atoms with van der Waals surface area (Å²) >= 11 is 0. The van der Waals surface area contributed by atoms with Crippen LogP contribution in [-0.4, -0.2) is 12.1 Å². The van der Waals surface area contributed by atoms with Crippen molar-refractivity contribution in [2.24, 2.45) is 0 Å².